The first kappa shape index (κ1) is 14.3. The van der Waals surface area contributed by atoms with Gasteiger partial charge in [0.05, 0.1) is 0 Å². The van der Waals surface area contributed by atoms with Gasteiger partial charge in [-0.1, -0.05) is 0 Å². The van der Waals surface area contributed by atoms with Crippen LogP contribution >= 0.6 is 15.9 Å². The Kier molecular flexibility index (Phi) is 3.48. The number of nitrogens with zero attached hydrogens (tertiary/aromatic N) is 1. The van der Waals surface area contributed by atoms with Crippen LogP contribution in [0.3, 0.4) is 0 Å². The summed E-state index contributed by atoms with van der Waals surface area (Å²) in [6.45, 7) is 0. The van der Waals surface area contributed by atoms with Gasteiger partial charge < -0.3 is 0 Å². The molecule has 1 saturated carbocycles. The number of hydrogen-bond acceptors (Lipinski definition) is 4. The van der Waals surface area contributed by atoms with Crippen molar-refractivity contribution in [2.24, 2.45) is 0 Å². The van der Waals surface area contributed by atoms with Gasteiger partial charge in [-0.05, 0) is 0 Å². The average Bonchev–Trinajstić information content (AvgIpc) is 3.19. The second-order valence-electron chi connectivity index (χ2n) is 5.26. The van der Waals surface area contributed by atoms with E-state index in [1.165, 1.54) is 0 Å². The summed E-state index contributed by atoms with van der Waals surface area (Å²) in [7, 11) is 0. The number of carbonyl (C=O) groups is 1. The van der Waals surface area contributed by atoms with E-state index in [2.05, 4.69) is 26.2 Å². The zero-order chi connectivity index (χ0) is 15.2. The molecule has 0 radical (unpaired) electrons. The molecular formula is C15H11BrIN2O3-. The van der Waals surface area contributed by atoms with E-state index in [1.807, 2.05) is 30.3 Å². The van der Waals surface area contributed by atoms with E-state index in [-0.39, 0.29) is 5.91 Å². The van der Waals surface area contributed by atoms with Crippen molar-refractivity contribution in [1.29, 1.82) is 0 Å². The fraction of sp³-hybridized carbons (Fsp3) is 0.200. The maximum atomic E-state index is 12.7. The summed E-state index contributed by atoms with van der Waals surface area (Å²) in [6.07, 6.45) is 1.67. The van der Waals surface area contributed by atoms with Crippen LogP contribution in [-0.2, 0) is 10.2 Å². The number of hydrogen-bond donors (Lipinski definition) is 1. The minimum absolute atomic E-state index is 0.0216. The summed E-state index contributed by atoms with van der Waals surface area (Å²) >= 11 is 2.61. The van der Waals surface area contributed by atoms with E-state index in [9.17, 15) is 4.79 Å². The van der Waals surface area contributed by atoms with E-state index in [0.717, 1.165) is 29.9 Å². The Bertz CT molecular complexity index is 764. The molecule has 1 aromatic carbocycles. The second-order valence-corrected chi connectivity index (χ2v) is 7.31. The zero-order valence-electron chi connectivity index (χ0n) is 11.3. The van der Waals surface area contributed by atoms with Crippen LogP contribution in [0.5, 0.6) is 11.5 Å². The summed E-state index contributed by atoms with van der Waals surface area (Å²) in [5, 5.41) is 2.91. The van der Waals surface area contributed by atoms with Crippen LogP contribution in [0.4, 0.5) is 5.82 Å². The van der Waals surface area contributed by atoms with Crippen LogP contribution < -0.4 is 33.5 Å². The molecule has 0 unspecified atom stereocenters. The number of rotatable bonds is 3. The Hall–Kier alpha value is -1.35. The number of halogens is 2. The van der Waals surface area contributed by atoms with Gasteiger partial charge in [-0.2, -0.15) is 0 Å². The minimum atomic E-state index is -0.692. The van der Waals surface area contributed by atoms with E-state index >= 15 is 0 Å². The van der Waals surface area contributed by atoms with Crippen LogP contribution in [0.15, 0.2) is 41.0 Å². The molecule has 4 rings (SSSR count). The van der Waals surface area contributed by atoms with E-state index in [1.54, 1.807) is 6.07 Å². The molecule has 1 amide bonds. The van der Waals surface area contributed by atoms with Crippen LogP contribution in [-0.4, -0.2) is 10.9 Å². The summed E-state index contributed by atoms with van der Waals surface area (Å²) in [5.74, 6) is 2.07. The van der Waals surface area contributed by atoms with Gasteiger partial charge >= 0.3 is 147 Å². The van der Waals surface area contributed by atoms with Gasteiger partial charge in [0.15, 0.2) is 0 Å². The SMILES string of the molecule is O=C(Nc1cccc(Br)n1)C1(c2ccc3c(c2)O[I-]O3)CC1. The molecule has 22 heavy (non-hydrogen) atoms. The Labute approximate surface area is 146 Å². The molecule has 0 spiro atoms. The molecule has 5 nitrogen and oxygen atoms in total. The van der Waals surface area contributed by atoms with E-state index in [0.29, 0.717) is 10.4 Å². The standard InChI is InChI=1S/C15H11BrIN2O3/c16-12-2-1-3-13(18-12)19-14(20)15(6-7-15)9-4-5-10-11(8-9)22-17-21-10/h1-5,8H,6-7H2,(H,18,19,20)/q-1. The van der Waals surface area contributed by atoms with E-state index in [4.69, 9.17) is 6.13 Å². The first-order valence-corrected chi connectivity index (χ1v) is 9.30. The van der Waals surface area contributed by atoms with Crippen LogP contribution in [0.2, 0.25) is 0 Å². The molecular weight excluding hydrogens is 463 g/mol. The summed E-state index contributed by atoms with van der Waals surface area (Å²) in [4.78, 5) is 16.9. The predicted octanol–water partition coefficient (Wildman–Crippen LogP) is 0.205. The average molecular weight is 474 g/mol. The summed E-state index contributed by atoms with van der Waals surface area (Å²) in [6, 6.07) is 11.2. The first-order chi connectivity index (χ1) is 10.7. The van der Waals surface area contributed by atoms with Crippen molar-refractivity contribution in [3.63, 3.8) is 0 Å². The molecule has 2 heterocycles. The van der Waals surface area contributed by atoms with E-state index < -0.39 is 27.4 Å². The molecule has 2 aromatic rings. The Morgan fingerprint density at radius 1 is 1.23 bits per heavy atom. The molecule has 1 aliphatic heterocycles. The second kappa shape index (κ2) is 5.38. The first-order valence-electron chi connectivity index (χ1n) is 6.75. The third kappa shape index (κ3) is 2.45. The van der Waals surface area contributed by atoms with Crippen molar-refractivity contribution >= 4 is 27.7 Å². The van der Waals surface area contributed by atoms with Crippen molar-refractivity contribution < 1.29 is 33.0 Å². The molecule has 1 fully saturated rings. The molecule has 1 aromatic heterocycles. The normalized spacial score (nSPS) is 17.5. The van der Waals surface area contributed by atoms with Crippen LogP contribution in [0, 0.1) is 0 Å². The molecule has 1 N–H and O–H groups in total. The molecule has 0 saturated heterocycles. The van der Waals surface area contributed by atoms with Gasteiger partial charge in [0.2, 0.25) is 0 Å². The number of pyridine rings is 1. The van der Waals surface area contributed by atoms with Crippen molar-refractivity contribution in [1.82, 2.24) is 4.98 Å². The molecule has 2 aliphatic rings. The van der Waals surface area contributed by atoms with Gasteiger partial charge in [0.1, 0.15) is 0 Å². The van der Waals surface area contributed by atoms with Gasteiger partial charge in [0, 0.05) is 0 Å². The number of aromatic nitrogens is 1. The number of anilines is 1. The van der Waals surface area contributed by atoms with Crippen molar-refractivity contribution in [3.8, 4) is 11.5 Å². The summed E-state index contributed by atoms with van der Waals surface area (Å²) < 4.78 is 11.6. The fourth-order valence-corrected chi connectivity index (χ4v) is 4.03. The number of benzene rings is 1. The number of carbonyl (C=O) groups excluding carboxylic acids is 1. The van der Waals surface area contributed by atoms with Crippen molar-refractivity contribution in [3.05, 3.63) is 46.6 Å². The van der Waals surface area contributed by atoms with Gasteiger partial charge in [-0.3, -0.25) is 0 Å². The summed E-state index contributed by atoms with van der Waals surface area (Å²) in [5.41, 5.74) is 0.511. The zero-order valence-corrected chi connectivity index (χ0v) is 15.0. The van der Waals surface area contributed by atoms with Crippen LogP contribution in [0.1, 0.15) is 18.4 Å². The quantitative estimate of drug-likeness (QED) is 0.511. The third-order valence-electron chi connectivity index (χ3n) is 3.87. The maximum absolute atomic E-state index is 12.7. The van der Waals surface area contributed by atoms with Crippen molar-refractivity contribution in [2.45, 2.75) is 18.3 Å². The van der Waals surface area contributed by atoms with Crippen LogP contribution in [0.25, 0.3) is 0 Å². The molecule has 0 bridgehead atoms. The number of nitrogens with one attached hydrogen (secondary N) is 1. The molecule has 1 aliphatic carbocycles. The molecule has 7 heteroatoms. The Morgan fingerprint density at radius 2 is 2.05 bits per heavy atom. The molecule has 0 atom stereocenters. The van der Waals surface area contributed by atoms with Gasteiger partial charge in [0.25, 0.3) is 0 Å². The van der Waals surface area contributed by atoms with Gasteiger partial charge in [-0.25, -0.2) is 0 Å². The Balaban J connectivity index is 1.60. The predicted molar refractivity (Wildman–Crippen MR) is 79.2 cm³/mol. The Morgan fingerprint density at radius 3 is 2.82 bits per heavy atom. The number of amides is 1. The van der Waals surface area contributed by atoms with Gasteiger partial charge in [-0.15, -0.1) is 0 Å². The van der Waals surface area contributed by atoms with Crippen molar-refractivity contribution in [2.75, 3.05) is 5.32 Å². The number of fused-ring (bicyclic) bond motifs is 1. The molecule has 114 valence electrons. The fourth-order valence-electron chi connectivity index (χ4n) is 2.50. The topological polar surface area (TPSA) is 60.5 Å². The monoisotopic (exact) mass is 473 g/mol. The third-order valence-corrected chi connectivity index (χ3v) is 5.62.